The van der Waals surface area contributed by atoms with Crippen molar-refractivity contribution >= 4 is 34.6 Å². The van der Waals surface area contributed by atoms with Crippen LogP contribution >= 0.6 is 23.8 Å². The Morgan fingerprint density at radius 1 is 1.04 bits per heavy atom. The average molecular weight is 359 g/mol. The molecule has 1 aliphatic carbocycles. The first-order valence-electron chi connectivity index (χ1n) is 8.41. The molecular weight excluding hydrogens is 336 g/mol. The number of thiocarbonyl (C=S) groups is 1. The molecule has 0 heterocycles. The highest BCUT2D eigenvalue weighted by Crippen LogP contribution is 2.41. The van der Waals surface area contributed by atoms with E-state index in [0.29, 0.717) is 5.11 Å². The topological polar surface area (TPSA) is 24.1 Å². The van der Waals surface area contributed by atoms with Gasteiger partial charge in [0.1, 0.15) is 0 Å². The first kappa shape index (κ1) is 17.2. The average Bonchev–Trinajstić information content (AvgIpc) is 2.95. The standard InChI is InChI=1S/C20H23ClN2S/c1-14-11-15(2)13-16(12-14)22-19(24)23-20(9-5-6-10-20)17-7-3-4-8-18(17)21/h3-4,7-8,11-13H,5-6,9-10H2,1-2H3,(H2,22,23,24). The van der Waals surface area contributed by atoms with Gasteiger partial charge in [-0.15, -0.1) is 0 Å². The van der Waals surface area contributed by atoms with Gasteiger partial charge in [0, 0.05) is 10.7 Å². The molecule has 1 saturated carbocycles. The summed E-state index contributed by atoms with van der Waals surface area (Å²) in [4.78, 5) is 0. The third kappa shape index (κ3) is 3.73. The molecule has 4 heteroatoms. The summed E-state index contributed by atoms with van der Waals surface area (Å²) in [5, 5.41) is 8.38. The lowest BCUT2D eigenvalue weighted by Crippen LogP contribution is -2.45. The molecule has 0 spiro atoms. The van der Waals surface area contributed by atoms with Crippen LogP contribution in [-0.2, 0) is 5.54 Å². The van der Waals surface area contributed by atoms with E-state index in [4.69, 9.17) is 23.8 Å². The van der Waals surface area contributed by atoms with Gasteiger partial charge in [-0.1, -0.05) is 48.7 Å². The van der Waals surface area contributed by atoms with Crippen molar-refractivity contribution in [1.29, 1.82) is 0 Å². The molecule has 1 aliphatic rings. The van der Waals surface area contributed by atoms with Crippen LogP contribution in [0.3, 0.4) is 0 Å². The smallest absolute Gasteiger partial charge is 0.171 e. The van der Waals surface area contributed by atoms with Gasteiger partial charge < -0.3 is 10.6 Å². The number of hydrogen-bond acceptors (Lipinski definition) is 1. The summed E-state index contributed by atoms with van der Waals surface area (Å²) in [5.74, 6) is 0. The second-order valence-corrected chi connectivity index (χ2v) is 7.54. The molecule has 0 aromatic heterocycles. The molecule has 3 rings (SSSR count). The van der Waals surface area contributed by atoms with Crippen molar-refractivity contribution in [3.05, 3.63) is 64.2 Å². The van der Waals surface area contributed by atoms with Crippen molar-refractivity contribution in [3.63, 3.8) is 0 Å². The third-order valence-electron chi connectivity index (χ3n) is 4.68. The van der Waals surface area contributed by atoms with Gasteiger partial charge in [0.05, 0.1) is 5.54 Å². The van der Waals surface area contributed by atoms with E-state index in [1.54, 1.807) is 0 Å². The maximum Gasteiger partial charge on any atom is 0.171 e. The van der Waals surface area contributed by atoms with Gasteiger partial charge in [-0.05, 0) is 73.8 Å². The van der Waals surface area contributed by atoms with E-state index in [9.17, 15) is 0 Å². The van der Waals surface area contributed by atoms with E-state index >= 15 is 0 Å². The van der Waals surface area contributed by atoms with Gasteiger partial charge in [-0.3, -0.25) is 0 Å². The Balaban J connectivity index is 1.81. The Hall–Kier alpha value is -1.58. The van der Waals surface area contributed by atoms with Crippen molar-refractivity contribution in [2.24, 2.45) is 0 Å². The minimum absolute atomic E-state index is 0.165. The lowest BCUT2D eigenvalue weighted by Gasteiger charge is -2.33. The molecule has 2 nitrogen and oxygen atoms in total. The Morgan fingerprint density at radius 3 is 2.29 bits per heavy atom. The number of anilines is 1. The molecular formula is C20H23ClN2S. The molecule has 126 valence electrons. The van der Waals surface area contributed by atoms with Crippen LogP contribution in [-0.4, -0.2) is 5.11 Å². The number of nitrogens with one attached hydrogen (secondary N) is 2. The first-order valence-corrected chi connectivity index (χ1v) is 9.20. The molecule has 2 N–H and O–H groups in total. The number of benzene rings is 2. The minimum atomic E-state index is -0.165. The molecule has 0 aliphatic heterocycles. The highest BCUT2D eigenvalue weighted by molar-refractivity contribution is 7.80. The fourth-order valence-corrected chi connectivity index (χ4v) is 4.35. The van der Waals surface area contributed by atoms with Gasteiger partial charge in [0.25, 0.3) is 0 Å². The summed E-state index contributed by atoms with van der Waals surface area (Å²) in [6, 6.07) is 14.5. The van der Waals surface area contributed by atoms with Crippen LogP contribution in [0, 0.1) is 13.8 Å². The minimum Gasteiger partial charge on any atom is -0.353 e. The summed E-state index contributed by atoms with van der Waals surface area (Å²) >= 11 is 12.1. The lowest BCUT2D eigenvalue weighted by molar-refractivity contribution is 0.408. The normalized spacial score (nSPS) is 16.0. The van der Waals surface area contributed by atoms with Crippen molar-refractivity contribution in [2.75, 3.05) is 5.32 Å². The van der Waals surface area contributed by atoms with Gasteiger partial charge in [-0.25, -0.2) is 0 Å². The van der Waals surface area contributed by atoms with Crippen molar-refractivity contribution < 1.29 is 0 Å². The Bertz CT molecular complexity index is 731. The van der Waals surface area contributed by atoms with Crippen molar-refractivity contribution in [2.45, 2.75) is 45.1 Å². The van der Waals surface area contributed by atoms with E-state index in [2.05, 4.69) is 48.7 Å². The number of hydrogen-bond donors (Lipinski definition) is 2. The second kappa shape index (κ2) is 7.12. The van der Waals surface area contributed by atoms with Gasteiger partial charge in [0.15, 0.2) is 5.11 Å². The van der Waals surface area contributed by atoms with E-state index in [0.717, 1.165) is 29.1 Å². The van der Waals surface area contributed by atoms with E-state index in [1.165, 1.54) is 24.0 Å². The molecule has 2 aromatic carbocycles. The first-order chi connectivity index (χ1) is 11.5. The predicted molar refractivity (Wildman–Crippen MR) is 107 cm³/mol. The van der Waals surface area contributed by atoms with E-state index in [-0.39, 0.29) is 5.54 Å². The van der Waals surface area contributed by atoms with Crippen LogP contribution in [0.5, 0.6) is 0 Å². The maximum absolute atomic E-state index is 6.48. The zero-order valence-corrected chi connectivity index (χ0v) is 15.7. The maximum atomic E-state index is 6.48. The molecule has 0 saturated heterocycles. The van der Waals surface area contributed by atoms with Crippen LogP contribution < -0.4 is 10.6 Å². The highest BCUT2D eigenvalue weighted by Gasteiger charge is 2.37. The Morgan fingerprint density at radius 2 is 1.67 bits per heavy atom. The van der Waals surface area contributed by atoms with Gasteiger partial charge >= 0.3 is 0 Å². The number of rotatable bonds is 3. The van der Waals surface area contributed by atoms with Crippen LogP contribution in [0.4, 0.5) is 5.69 Å². The summed E-state index contributed by atoms with van der Waals surface area (Å²) in [7, 11) is 0. The quantitative estimate of drug-likeness (QED) is 0.687. The summed E-state index contributed by atoms with van der Waals surface area (Å²) < 4.78 is 0. The largest absolute Gasteiger partial charge is 0.353 e. The SMILES string of the molecule is Cc1cc(C)cc(NC(=S)NC2(c3ccccc3Cl)CCCC2)c1. The number of halogens is 1. The molecule has 0 atom stereocenters. The predicted octanol–water partition coefficient (Wildman–Crippen LogP) is 5.71. The highest BCUT2D eigenvalue weighted by atomic mass is 35.5. The molecule has 0 amide bonds. The summed E-state index contributed by atoms with van der Waals surface area (Å²) in [5.41, 5.74) is 4.46. The third-order valence-corrected chi connectivity index (χ3v) is 5.21. The van der Waals surface area contributed by atoms with Crippen LogP contribution in [0.15, 0.2) is 42.5 Å². The Labute approximate surface area is 154 Å². The molecule has 0 unspecified atom stereocenters. The van der Waals surface area contributed by atoms with Crippen molar-refractivity contribution in [1.82, 2.24) is 5.32 Å². The molecule has 1 fully saturated rings. The zero-order chi connectivity index (χ0) is 17.2. The molecule has 0 bridgehead atoms. The van der Waals surface area contributed by atoms with Crippen LogP contribution in [0.2, 0.25) is 5.02 Å². The zero-order valence-electron chi connectivity index (χ0n) is 14.2. The van der Waals surface area contributed by atoms with E-state index in [1.807, 2.05) is 18.2 Å². The summed E-state index contributed by atoms with van der Waals surface area (Å²) in [6.07, 6.45) is 4.46. The number of aryl methyl sites for hydroxylation is 2. The monoisotopic (exact) mass is 358 g/mol. The van der Waals surface area contributed by atoms with E-state index < -0.39 is 0 Å². The van der Waals surface area contributed by atoms with Gasteiger partial charge in [-0.2, -0.15) is 0 Å². The van der Waals surface area contributed by atoms with Crippen molar-refractivity contribution in [3.8, 4) is 0 Å². The van der Waals surface area contributed by atoms with Crippen LogP contribution in [0.1, 0.15) is 42.4 Å². The molecule has 24 heavy (non-hydrogen) atoms. The molecule has 2 aromatic rings. The molecule has 0 radical (unpaired) electrons. The Kier molecular flexibility index (Phi) is 5.12. The lowest BCUT2D eigenvalue weighted by atomic mass is 9.88. The fraction of sp³-hybridized carbons (Fsp3) is 0.350. The fourth-order valence-electron chi connectivity index (χ4n) is 3.72. The van der Waals surface area contributed by atoms with Crippen LogP contribution in [0.25, 0.3) is 0 Å². The summed E-state index contributed by atoms with van der Waals surface area (Å²) in [6.45, 7) is 4.19. The second-order valence-electron chi connectivity index (χ2n) is 6.72. The van der Waals surface area contributed by atoms with Gasteiger partial charge in [0.2, 0.25) is 0 Å².